The van der Waals surface area contributed by atoms with E-state index in [1.165, 1.54) is 31.7 Å². The predicted molar refractivity (Wildman–Crippen MR) is 75.0 cm³/mol. The summed E-state index contributed by atoms with van der Waals surface area (Å²) >= 11 is 5.79. The Balaban J connectivity index is 2.04. The molecule has 1 aromatic rings. The zero-order chi connectivity index (χ0) is 13.1. The van der Waals surface area contributed by atoms with E-state index >= 15 is 0 Å². The highest BCUT2D eigenvalue weighted by atomic mass is 35.5. The Morgan fingerprint density at radius 3 is 2.78 bits per heavy atom. The highest BCUT2D eigenvalue weighted by Crippen LogP contribution is 2.26. The third kappa shape index (κ3) is 3.05. The van der Waals surface area contributed by atoms with Crippen molar-refractivity contribution in [1.29, 1.82) is 0 Å². The van der Waals surface area contributed by atoms with Crippen molar-refractivity contribution < 1.29 is 4.39 Å². The minimum absolute atomic E-state index is 0.146. The van der Waals surface area contributed by atoms with Gasteiger partial charge in [-0.2, -0.15) is 0 Å². The maximum absolute atomic E-state index is 13.1. The van der Waals surface area contributed by atoms with Gasteiger partial charge in [0.05, 0.1) is 5.02 Å². The SMILES string of the molecule is C=C(NC1CCCCC1C)c1ccc(F)c(Cl)c1. The molecule has 3 heteroatoms. The fourth-order valence-corrected chi connectivity index (χ4v) is 2.70. The van der Waals surface area contributed by atoms with Crippen molar-refractivity contribution in [2.45, 2.75) is 38.6 Å². The second kappa shape index (κ2) is 5.75. The van der Waals surface area contributed by atoms with Gasteiger partial charge in [-0.1, -0.05) is 37.9 Å². The molecule has 1 nitrogen and oxygen atoms in total. The van der Waals surface area contributed by atoms with Gasteiger partial charge in [0.25, 0.3) is 0 Å². The molecule has 0 heterocycles. The molecule has 0 radical (unpaired) electrons. The van der Waals surface area contributed by atoms with Gasteiger partial charge in [-0.25, -0.2) is 4.39 Å². The van der Waals surface area contributed by atoms with Crippen molar-refractivity contribution in [2.75, 3.05) is 0 Å². The van der Waals surface area contributed by atoms with Crippen molar-refractivity contribution >= 4 is 17.3 Å². The summed E-state index contributed by atoms with van der Waals surface area (Å²) in [6, 6.07) is 5.19. The lowest BCUT2D eigenvalue weighted by Gasteiger charge is -2.31. The van der Waals surface area contributed by atoms with E-state index < -0.39 is 0 Å². The molecule has 1 saturated carbocycles. The maximum atomic E-state index is 13.1. The van der Waals surface area contributed by atoms with Crippen molar-refractivity contribution in [3.05, 3.63) is 41.2 Å². The molecular weight excluding hydrogens is 249 g/mol. The third-order valence-electron chi connectivity index (χ3n) is 3.74. The number of halogens is 2. The smallest absolute Gasteiger partial charge is 0.141 e. The minimum Gasteiger partial charge on any atom is -0.382 e. The zero-order valence-corrected chi connectivity index (χ0v) is 11.4. The van der Waals surface area contributed by atoms with Gasteiger partial charge in [0, 0.05) is 11.7 Å². The van der Waals surface area contributed by atoms with Crippen LogP contribution in [0, 0.1) is 11.7 Å². The van der Waals surface area contributed by atoms with Crippen LogP contribution in [-0.4, -0.2) is 6.04 Å². The second-order valence-electron chi connectivity index (χ2n) is 5.12. The zero-order valence-electron chi connectivity index (χ0n) is 10.7. The second-order valence-corrected chi connectivity index (χ2v) is 5.53. The van der Waals surface area contributed by atoms with Crippen molar-refractivity contribution in [2.24, 2.45) is 5.92 Å². The summed E-state index contributed by atoms with van der Waals surface area (Å²) in [6.07, 6.45) is 5.01. The molecule has 98 valence electrons. The van der Waals surface area contributed by atoms with E-state index in [9.17, 15) is 4.39 Å². The Labute approximate surface area is 113 Å². The van der Waals surface area contributed by atoms with Gasteiger partial charge >= 0.3 is 0 Å². The molecule has 0 spiro atoms. The van der Waals surface area contributed by atoms with Crippen molar-refractivity contribution in [3.63, 3.8) is 0 Å². The Hall–Kier alpha value is -1.02. The summed E-state index contributed by atoms with van der Waals surface area (Å²) in [7, 11) is 0. The number of hydrogen-bond acceptors (Lipinski definition) is 1. The lowest BCUT2D eigenvalue weighted by molar-refractivity contribution is 0.305. The van der Waals surface area contributed by atoms with Crippen LogP contribution in [0.25, 0.3) is 5.70 Å². The summed E-state index contributed by atoms with van der Waals surface area (Å²) in [6.45, 7) is 6.30. The van der Waals surface area contributed by atoms with E-state index in [0.717, 1.165) is 11.3 Å². The Bertz CT molecular complexity index is 444. The van der Waals surface area contributed by atoms with Crippen molar-refractivity contribution in [3.8, 4) is 0 Å². The molecule has 2 rings (SSSR count). The van der Waals surface area contributed by atoms with E-state index in [0.29, 0.717) is 12.0 Å². The van der Waals surface area contributed by atoms with Gasteiger partial charge in [-0.3, -0.25) is 0 Å². The van der Waals surface area contributed by atoms with Crippen LogP contribution in [0.4, 0.5) is 4.39 Å². The average Bonchev–Trinajstić information content (AvgIpc) is 2.35. The summed E-state index contributed by atoms with van der Waals surface area (Å²) in [5.41, 5.74) is 1.69. The predicted octanol–water partition coefficient (Wildman–Crippen LogP) is 4.62. The molecule has 2 unspecified atom stereocenters. The van der Waals surface area contributed by atoms with Gasteiger partial charge in [-0.05, 0) is 42.5 Å². The van der Waals surface area contributed by atoms with Gasteiger partial charge in [-0.15, -0.1) is 0 Å². The van der Waals surface area contributed by atoms with Crippen LogP contribution in [0.2, 0.25) is 5.02 Å². The van der Waals surface area contributed by atoms with Gasteiger partial charge < -0.3 is 5.32 Å². The number of rotatable bonds is 3. The molecule has 0 aliphatic heterocycles. The Morgan fingerprint density at radius 1 is 1.39 bits per heavy atom. The topological polar surface area (TPSA) is 12.0 Å². The molecule has 1 fully saturated rings. The largest absolute Gasteiger partial charge is 0.382 e. The van der Waals surface area contributed by atoms with Crippen LogP contribution in [0.1, 0.15) is 38.2 Å². The lowest BCUT2D eigenvalue weighted by Crippen LogP contribution is -2.35. The first kappa shape index (κ1) is 13.4. The third-order valence-corrected chi connectivity index (χ3v) is 4.03. The number of nitrogens with one attached hydrogen (secondary N) is 1. The van der Waals surface area contributed by atoms with E-state index in [1.807, 2.05) is 0 Å². The molecule has 0 bridgehead atoms. The molecule has 1 aliphatic carbocycles. The highest BCUT2D eigenvalue weighted by Gasteiger charge is 2.21. The number of benzene rings is 1. The normalized spacial score (nSPS) is 23.7. The van der Waals surface area contributed by atoms with E-state index in [2.05, 4.69) is 18.8 Å². The van der Waals surface area contributed by atoms with Gasteiger partial charge in [0.15, 0.2) is 0 Å². The summed E-state index contributed by atoms with van der Waals surface area (Å²) < 4.78 is 13.1. The summed E-state index contributed by atoms with van der Waals surface area (Å²) in [5, 5.41) is 3.60. The molecule has 0 amide bonds. The summed E-state index contributed by atoms with van der Waals surface area (Å²) in [4.78, 5) is 0. The van der Waals surface area contributed by atoms with Crippen LogP contribution in [0.3, 0.4) is 0 Å². The first-order valence-corrected chi connectivity index (χ1v) is 6.86. The fourth-order valence-electron chi connectivity index (χ4n) is 2.52. The van der Waals surface area contributed by atoms with Crippen molar-refractivity contribution in [1.82, 2.24) is 5.32 Å². The van der Waals surface area contributed by atoms with Crippen LogP contribution < -0.4 is 5.32 Å². The average molecular weight is 268 g/mol. The Morgan fingerprint density at radius 2 is 2.11 bits per heavy atom. The Kier molecular flexibility index (Phi) is 4.28. The van der Waals surface area contributed by atoms with E-state index in [1.54, 1.807) is 12.1 Å². The van der Waals surface area contributed by atoms with E-state index in [-0.39, 0.29) is 10.8 Å². The van der Waals surface area contributed by atoms with Gasteiger partial charge in [0.2, 0.25) is 0 Å². The molecule has 1 N–H and O–H groups in total. The molecule has 18 heavy (non-hydrogen) atoms. The monoisotopic (exact) mass is 267 g/mol. The summed E-state index contributed by atoms with van der Waals surface area (Å²) in [5.74, 6) is 0.269. The highest BCUT2D eigenvalue weighted by molar-refractivity contribution is 6.30. The fraction of sp³-hybridized carbons (Fsp3) is 0.467. The molecule has 0 aromatic heterocycles. The first-order valence-electron chi connectivity index (χ1n) is 6.49. The lowest BCUT2D eigenvalue weighted by atomic mass is 9.85. The van der Waals surface area contributed by atoms with Crippen LogP contribution in [0.15, 0.2) is 24.8 Å². The molecule has 2 atom stereocenters. The minimum atomic E-state index is -0.390. The standard InChI is InChI=1S/C15H19ClFN/c1-10-5-3-4-6-15(10)18-11(2)12-7-8-14(17)13(16)9-12/h7-10,15,18H,2-6H2,1H3. The van der Waals surface area contributed by atoms with E-state index in [4.69, 9.17) is 11.6 Å². The van der Waals surface area contributed by atoms with Crippen LogP contribution in [0.5, 0.6) is 0 Å². The molecule has 0 saturated heterocycles. The van der Waals surface area contributed by atoms with Crippen LogP contribution >= 0.6 is 11.6 Å². The number of hydrogen-bond donors (Lipinski definition) is 1. The molecular formula is C15H19ClFN. The first-order chi connectivity index (χ1) is 8.58. The van der Waals surface area contributed by atoms with Crippen LogP contribution in [-0.2, 0) is 0 Å². The molecule has 1 aliphatic rings. The quantitative estimate of drug-likeness (QED) is 0.843. The maximum Gasteiger partial charge on any atom is 0.141 e. The molecule has 1 aromatic carbocycles. The van der Waals surface area contributed by atoms with Gasteiger partial charge in [0.1, 0.15) is 5.82 Å².